The van der Waals surface area contributed by atoms with Crippen molar-refractivity contribution < 1.29 is 4.42 Å². The van der Waals surface area contributed by atoms with Crippen molar-refractivity contribution in [2.45, 2.75) is 33.2 Å². The molecule has 0 saturated carbocycles. The molecule has 1 aromatic rings. The van der Waals surface area contributed by atoms with Gasteiger partial charge in [-0.05, 0) is 25.3 Å². The van der Waals surface area contributed by atoms with E-state index in [4.69, 9.17) is 4.42 Å². The van der Waals surface area contributed by atoms with E-state index in [0.717, 1.165) is 13.1 Å². The lowest BCUT2D eigenvalue weighted by molar-refractivity contribution is 0.282. The molecule has 0 aliphatic carbocycles. The van der Waals surface area contributed by atoms with Crippen molar-refractivity contribution in [1.82, 2.24) is 15.5 Å². The molecule has 0 spiro atoms. The predicted octanol–water partition coefficient (Wildman–Crippen LogP) is 1.42. The van der Waals surface area contributed by atoms with Crippen molar-refractivity contribution in [3.05, 3.63) is 5.89 Å². The number of hydrogen-bond donors (Lipinski definition) is 1. The normalized spacial score (nSPS) is 20.1. The van der Waals surface area contributed by atoms with Gasteiger partial charge in [0.1, 0.15) is 0 Å². The molecule has 0 bridgehead atoms. The summed E-state index contributed by atoms with van der Waals surface area (Å²) in [4.78, 5) is 2.19. The Labute approximate surface area is 96.2 Å². The van der Waals surface area contributed by atoms with Crippen LogP contribution in [0, 0.1) is 5.41 Å². The maximum Gasteiger partial charge on any atom is 0.318 e. The van der Waals surface area contributed by atoms with E-state index in [0.29, 0.717) is 23.9 Å². The number of nitrogens with one attached hydrogen (secondary N) is 1. The van der Waals surface area contributed by atoms with Gasteiger partial charge in [0.25, 0.3) is 0 Å². The Morgan fingerprint density at radius 1 is 1.44 bits per heavy atom. The quantitative estimate of drug-likeness (QED) is 0.841. The highest BCUT2D eigenvalue weighted by Gasteiger charge is 2.28. The second-order valence-corrected chi connectivity index (χ2v) is 5.20. The fourth-order valence-corrected chi connectivity index (χ4v) is 2.18. The number of rotatable bonds is 3. The van der Waals surface area contributed by atoms with Crippen LogP contribution in [0.3, 0.4) is 0 Å². The van der Waals surface area contributed by atoms with Crippen molar-refractivity contribution in [2.24, 2.45) is 5.41 Å². The first-order valence-corrected chi connectivity index (χ1v) is 5.83. The highest BCUT2D eigenvalue weighted by Crippen LogP contribution is 2.30. The number of nitrogens with zero attached hydrogens (tertiary/aromatic N) is 3. The van der Waals surface area contributed by atoms with E-state index >= 15 is 0 Å². The van der Waals surface area contributed by atoms with Gasteiger partial charge in [-0.15, -0.1) is 5.10 Å². The molecular formula is C11H20N4O. The molecule has 0 radical (unpaired) electrons. The van der Waals surface area contributed by atoms with Crippen LogP contribution in [-0.2, 0) is 6.54 Å². The highest BCUT2D eigenvalue weighted by molar-refractivity contribution is 5.25. The summed E-state index contributed by atoms with van der Waals surface area (Å²) in [5.41, 5.74) is 0.343. The minimum atomic E-state index is 0.343. The molecular weight excluding hydrogens is 204 g/mol. The average molecular weight is 224 g/mol. The van der Waals surface area contributed by atoms with Gasteiger partial charge in [-0.1, -0.05) is 18.9 Å². The Balaban J connectivity index is 2.05. The fourth-order valence-electron chi connectivity index (χ4n) is 2.18. The van der Waals surface area contributed by atoms with E-state index in [1.165, 1.54) is 12.8 Å². The number of piperidine rings is 1. The van der Waals surface area contributed by atoms with Gasteiger partial charge in [0.05, 0.1) is 6.54 Å². The third kappa shape index (κ3) is 2.52. The van der Waals surface area contributed by atoms with Gasteiger partial charge in [-0.2, -0.15) is 0 Å². The van der Waals surface area contributed by atoms with E-state index in [1.54, 1.807) is 0 Å². The Bertz CT molecular complexity index is 348. The lowest BCUT2D eigenvalue weighted by Gasteiger charge is -2.36. The van der Waals surface area contributed by atoms with Gasteiger partial charge in [0, 0.05) is 13.1 Å². The van der Waals surface area contributed by atoms with Crippen molar-refractivity contribution in [3.63, 3.8) is 0 Å². The van der Waals surface area contributed by atoms with Crippen molar-refractivity contribution in [2.75, 3.05) is 25.0 Å². The second-order valence-electron chi connectivity index (χ2n) is 5.20. The molecule has 0 atom stereocenters. The van der Waals surface area contributed by atoms with E-state index in [1.807, 2.05) is 7.05 Å². The Hall–Kier alpha value is -1.10. The molecule has 5 heteroatoms. The molecule has 0 amide bonds. The highest BCUT2D eigenvalue weighted by atomic mass is 16.4. The lowest BCUT2D eigenvalue weighted by Crippen LogP contribution is -2.40. The van der Waals surface area contributed by atoms with E-state index in [-0.39, 0.29) is 0 Å². The predicted molar refractivity (Wildman–Crippen MR) is 62.3 cm³/mol. The summed E-state index contributed by atoms with van der Waals surface area (Å²) in [6.07, 6.45) is 2.46. The summed E-state index contributed by atoms with van der Waals surface area (Å²) in [6.45, 7) is 7.21. The van der Waals surface area contributed by atoms with Crippen LogP contribution in [0.5, 0.6) is 0 Å². The van der Waals surface area contributed by atoms with Gasteiger partial charge in [-0.25, -0.2) is 0 Å². The average Bonchev–Trinajstić information content (AvgIpc) is 2.65. The third-order valence-electron chi connectivity index (χ3n) is 2.96. The standard InChI is InChI=1S/C11H20N4O/c1-11(2)5-4-6-15(8-11)10-14-13-9(16-10)7-12-3/h12H,4-8H2,1-3H3. The van der Waals surface area contributed by atoms with Crippen LogP contribution >= 0.6 is 0 Å². The second kappa shape index (κ2) is 4.41. The fraction of sp³-hybridized carbons (Fsp3) is 0.818. The number of aromatic nitrogens is 2. The van der Waals surface area contributed by atoms with Crippen LogP contribution < -0.4 is 10.2 Å². The molecule has 0 aromatic carbocycles. The number of anilines is 1. The zero-order valence-electron chi connectivity index (χ0n) is 10.3. The van der Waals surface area contributed by atoms with Crippen LogP contribution in [-0.4, -0.2) is 30.3 Å². The summed E-state index contributed by atoms with van der Waals surface area (Å²) in [5.74, 6) is 0.654. The molecule has 2 heterocycles. The largest absolute Gasteiger partial charge is 0.407 e. The zero-order chi connectivity index (χ0) is 11.6. The molecule has 1 saturated heterocycles. The molecule has 2 rings (SSSR count). The maximum absolute atomic E-state index is 5.60. The Morgan fingerprint density at radius 3 is 2.94 bits per heavy atom. The van der Waals surface area contributed by atoms with E-state index < -0.39 is 0 Å². The lowest BCUT2D eigenvalue weighted by atomic mass is 9.84. The molecule has 1 fully saturated rings. The molecule has 0 unspecified atom stereocenters. The van der Waals surface area contributed by atoms with Gasteiger partial charge in [0.2, 0.25) is 5.89 Å². The first-order chi connectivity index (χ1) is 7.61. The Kier molecular flexibility index (Phi) is 3.14. The van der Waals surface area contributed by atoms with Crippen molar-refractivity contribution in [1.29, 1.82) is 0 Å². The molecule has 1 aliphatic rings. The summed E-state index contributed by atoms with van der Waals surface area (Å²) < 4.78 is 5.60. The Morgan fingerprint density at radius 2 is 2.25 bits per heavy atom. The summed E-state index contributed by atoms with van der Waals surface area (Å²) in [6, 6.07) is 0.665. The molecule has 90 valence electrons. The molecule has 5 nitrogen and oxygen atoms in total. The number of hydrogen-bond acceptors (Lipinski definition) is 5. The monoisotopic (exact) mass is 224 g/mol. The summed E-state index contributed by atoms with van der Waals surface area (Å²) >= 11 is 0. The van der Waals surface area contributed by atoms with Gasteiger partial charge in [-0.3, -0.25) is 0 Å². The molecule has 1 aromatic heterocycles. The van der Waals surface area contributed by atoms with Gasteiger partial charge in [0.15, 0.2) is 0 Å². The van der Waals surface area contributed by atoms with Gasteiger partial charge < -0.3 is 14.6 Å². The SMILES string of the molecule is CNCc1nnc(N2CCCC(C)(C)C2)o1. The summed E-state index contributed by atoms with van der Waals surface area (Å²) in [5, 5.41) is 11.1. The molecule has 1 N–H and O–H groups in total. The maximum atomic E-state index is 5.60. The van der Waals surface area contributed by atoms with Gasteiger partial charge >= 0.3 is 6.01 Å². The van der Waals surface area contributed by atoms with Crippen LogP contribution in [0.2, 0.25) is 0 Å². The van der Waals surface area contributed by atoms with Crippen LogP contribution in [0.15, 0.2) is 4.42 Å². The van der Waals surface area contributed by atoms with Crippen LogP contribution in [0.4, 0.5) is 6.01 Å². The smallest absolute Gasteiger partial charge is 0.318 e. The van der Waals surface area contributed by atoms with Crippen molar-refractivity contribution in [3.8, 4) is 0 Å². The van der Waals surface area contributed by atoms with E-state index in [2.05, 4.69) is 34.3 Å². The first kappa shape index (κ1) is 11.4. The van der Waals surface area contributed by atoms with Crippen LogP contribution in [0.25, 0.3) is 0 Å². The molecule has 1 aliphatic heterocycles. The summed E-state index contributed by atoms with van der Waals surface area (Å²) in [7, 11) is 1.87. The topological polar surface area (TPSA) is 54.2 Å². The first-order valence-electron chi connectivity index (χ1n) is 5.83. The third-order valence-corrected chi connectivity index (χ3v) is 2.96. The zero-order valence-corrected chi connectivity index (χ0v) is 10.3. The minimum Gasteiger partial charge on any atom is -0.407 e. The minimum absolute atomic E-state index is 0.343. The molecule has 16 heavy (non-hydrogen) atoms. The van der Waals surface area contributed by atoms with Crippen LogP contribution in [0.1, 0.15) is 32.6 Å². The van der Waals surface area contributed by atoms with Crippen molar-refractivity contribution >= 4 is 6.01 Å². The van der Waals surface area contributed by atoms with E-state index in [9.17, 15) is 0 Å².